The van der Waals surface area contributed by atoms with Crippen molar-refractivity contribution in [3.63, 3.8) is 0 Å². The number of carbonyl (C=O) groups is 3. The van der Waals surface area contributed by atoms with Gasteiger partial charge in [0.25, 0.3) is 0 Å². The predicted molar refractivity (Wildman–Crippen MR) is 155 cm³/mol. The minimum atomic E-state index is -0.590. The highest BCUT2D eigenvalue weighted by Crippen LogP contribution is 2.27. The van der Waals surface area contributed by atoms with Crippen molar-refractivity contribution in [2.24, 2.45) is 5.92 Å². The number of unbranched alkanes of at least 4 members (excludes halogenated alkanes) is 1. The Balaban J connectivity index is 1.79. The van der Waals surface area contributed by atoms with Gasteiger partial charge in [-0.15, -0.1) is 11.3 Å². The number of benzene rings is 1. The molecular weight excluding hydrogens is 512 g/mol. The molecule has 1 heterocycles. The van der Waals surface area contributed by atoms with E-state index in [1.54, 1.807) is 19.9 Å². The van der Waals surface area contributed by atoms with Crippen molar-refractivity contribution < 1.29 is 23.9 Å². The van der Waals surface area contributed by atoms with Crippen LogP contribution in [0.2, 0.25) is 0 Å². The molecule has 1 unspecified atom stereocenters. The molecule has 0 spiro atoms. The molecule has 8 heteroatoms. The van der Waals surface area contributed by atoms with Crippen LogP contribution in [0.1, 0.15) is 88.5 Å². The third kappa shape index (κ3) is 9.46. The Labute approximate surface area is 235 Å². The highest BCUT2D eigenvalue weighted by molar-refractivity contribution is 7.09. The number of rotatable bonds is 13. The van der Waals surface area contributed by atoms with Crippen molar-refractivity contribution in [2.45, 2.75) is 78.7 Å². The maximum atomic E-state index is 13.2. The van der Waals surface area contributed by atoms with Crippen LogP contribution in [0.5, 0.6) is 5.75 Å². The number of allylic oxidation sites excluding steroid dienone is 2. The normalized spacial score (nSPS) is 17.0. The number of thiazole rings is 1. The van der Waals surface area contributed by atoms with Crippen LogP contribution in [0.25, 0.3) is 6.08 Å². The molecule has 1 aromatic heterocycles. The number of Topliss-reactive ketones (excluding diaryl/α,β-unsaturated/α-hetero) is 1. The zero-order chi connectivity index (χ0) is 28.2. The first-order valence-corrected chi connectivity index (χ1v) is 14.7. The molecule has 210 valence electrons. The molecule has 1 amide bonds. The average molecular weight is 553 g/mol. The number of amides is 1. The van der Waals surface area contributed by atoms with Gasteiger partial charge in [0.05, 0.1) is 30.9 Å². The van der Waals surface area contributed by atoms with Gasteiger partial charge in [0.15, 0.2) is 0 Å². The number of carbonyl (C=O) groups excluding carboxylic acids is 3. The smallest absolute Gasteiger partial charge is 0.333 e. The van der Waals surface area contributed by atoms with E-state index in [1.807, 2.05) is 42.6 Å². The summed E-state index contributed by atoms with van der Waals surface area (Å²) in [6.07, 6.45) is 9.10. The van der Waals surface area contributed by atoms with E-state index in [-0.39, 0.29) is 23.7 Å². The molecule has 7 nitrogen and oxygen atoms in total. The summed E-state index contributed by atoms with van der Waals surface area (Å²) < 4.78 is 10.8. The number of hydrogen-bond acceptors (Lipinski definition) is 7. The summed E-state index contributed by atoms with van der Waals surface area (Å²) in [7, 11) is 0. The highest BCUT2D eigenvalue weighted by atomic mass is 32.1. The van der Waals surface area contributed by atoms with E-state index >= 15 is 0 Å². The van der Waals surface area contributed by atoms with Gasteiger partial charge in [0.2, 0.25) is 5.91 Å². The van der Waals surface area contributed by atoms with Crippen molar-refractivity contribution in [1.29, 1.82) is 0 Å². The molecule has 1 saturated carbocycles. The minimum absolute atomic E-state index is 0.0215. The number of esters is 1. The predicted octanol–water partition coefficient (Wildman–Crippen LogP) is 6.39. The summed E-state index contributed by atoms with van der Waals surface area (Å²) in [5, 5.41) is 5.83. The second kappa shape index (κ2) is 15.4. The number of hydrogen-bond donors (Lipinski definition) is 1. The van der Waals surface area contributed by atoms with E-state index in [4.69, 9.17) is 14.5 Å². The Bertz CT molecular complexity index is 1180. The molecule has 1 N–H and O–H groups in total. The molecule has 3 rings (SSSR count). The first-order chi connectivity index (χ1) is 18.8. The quantitative estimate of drug-likeness (QED) is 0.102. The van der Waals surface area contributed by atoms with Crippen LogP contribution in [0.15, 0.2) is 46.9 Å². The van der Waals surface area contributed by atoms with Crippen molar-refractivity contribution >= 4 is 35.1 Å². The van der Waals surface area contributed by atoms with Crippen LogP contribution >= 0.6 is 11.3 Å². The number of ketones is 1. The maximum Gasteiger partial charge on any atom is 0.333 e. The fourth-order valence-electron chi connectivity index (χ4n) is 4.47. The van der Waals surface area contributed by atoms with E-state index in [0.29, 0.717) is 38.0 Å². The van der Waals surface area contributed by atoms with Gasteiger partial charge in [0, 0.05) is 17.4 Å². The summed E-state index contributed by atoms with van der Waals surface area (Å²) in [6, 6.07) is 7.54. The molecule has 0 bridgehead atoms. The lowest BCUT2D eigenvalue weighted by atomic mass is 9.87. The van der Waals surface area contributed by atoms with Gasteiger partial charge in [-0.05, 0) is 81.9 Å². The lowest BCUT2D eigenvalue weighted by molar-refractivity contribution is -0.138. The van der Waals surface area contributed by atoms with Crippen LogP contribution in [-0.4, -0.2) is 35.9 Å². The molecule has 1 aromatic carbocycles. The fourth-order valence-corrected chi connectivity index (χ4v) is 5.30. The summed E-state index contributed by atoms with van der Waals surface area (Å²) in [5.41, 5.74) is 3.16. The zero-order valence-electron chi connectivity index (χ0n) is 23.5. The molecule has 39 heavy (non-hydrogen) atoms. The van der Waals surface area contributed by atoms with Crippen LogP contribution in [0.3, 0.4) is 0 Å². The van der Waals surface area contributed by atoms with Gasteiger partial charge in [-0.2, -0.15) is 0 Å². The van der Waals surface area contributed by atoms with Gasteiger partial charge in [-0.1, -0.05) is 31.9 Å². The largest absolute Gasteiger partial charge is 0.494 e. The average Bonchev–Trinajstić information content (AvgIpc) is 3.38. The molecule has 1 fully saturated rings. The molecule has 2 aromatic rings. The van der Waals surface area contributed by atoms with Crippen LogP contribution in [0.4, 0.5) is 0 Å². The summed E-state index contributed by atoms with van der Waals surface area (Å²) in [5.74, 6) is -0.308. The first-order valence-electron chi connectivity index (χ1n) is 13.8. The van der Waals surface area contributed by atoms with Gasteiger partial charge in [0.1, 0.15) is 16.5 Å². The van der Waals surface area contributed by atoms with Crippen molar-refractivity contribution in [2.75, 3.05) is 13.2 Å². The van der Waals surface area contributed by atoms with Gasteiger partial charge in [-0.3, -0.25) is 9.59 Å². The van der Waals surface area contributed by atoms with E-state index in [2.05, 4.69) is 12.2 Å². The zero-order valence-corrected chi connectivity index (χ0v) is 24.3. The molecule has 0 saturated heterocycles. The minimum Gasteiger partial charge on any atom is -0.494 e. The van der Waals surface area contributed by atoms with Crippen molar-refractivity contribution in [1.82, 2.24) is 10.3 Å². The third-order valence-corrected chi connectivity index (χ3v) is 7.55. The number of ether oxygens (including phenoxy) is 2. The summed E-state index contributed by atoms with van der Waals surface area (Å²) in [4.78, 5) is 42.3. The Morgan fingerprint density at radius 1 is 1.18 bits per heavy atom. The van der Waals surface area contributed by atoms with E-state index in [0.717, 1.165) is 53.3 Å². The van der Waals surface area contributed by atoms with Gasteiger partial charge < -0.3 is 14.8 Å². The molecule has 2 atom stereocenters. The summed E-state index contributed by atoms with van der Waals surface area (Å²) in [6.45, 7) is 8.55. The standard InChI is InChI=1S/C31H40N2O5S/c1-5-7-16-38-25-14-12-23(13-15-25)19-27(33-29(35)26-10-8-9-11-28(26)34)30-32-24(20-39-30)18-21(3)17-22(4)31(36)37-6-2/h12-15,17-18,20,26-27H,5-11,16,19H2,1-4H3,(H,33,35)/b21-18+,22-17-/t26?,27-/m0/s1. The molecule has 0 radical (unpaired) electrons. The maximum absolute atomic E-state index is 13.2. The lowest BCUT2D eigenvalue weighted by Crippen LogP contribution is -2.39. The Hall–Kier alpha value is -3.26. The molecule has 1 aliphatic carbocycles. The summed E-state index contributed by atoms with van der Waals surface area (Å²) >= 11 is 1.47. The Morgan fingerprint density at radius 3 is 2.64 bits per heavy atom. The van der Waals surface area contributed by atoms with E-state index in [9.17, 15) is 14.4 Å². The second-order valence-electron chi connectivity index (χ2n) is 9.92. The van der Waals surface area contributed by atoms with Crippen molar-refractivity contribution in [3.05, 3.63) is 63.1 Å². The van der Waals surface area contributed by atoms with Crippen LogP contribution in [-0.2, 0) is 25.5 Å². The molecular formula is C31H40N2O5S. The lowest BCUT2D eigenvalue weighted by Gasteiger charge is -2.23. The van der Waals surface area contributed by atoms with E-state index in [1.165, 1.54) is 11.3 Å². The monoisotopic (exact) mass is 552 g/mol. The topological polar surface area (TPSA) is 94.6 Å². The van der Waals surface area contributed by atoms with E-state index < -0.39 is 5.92 Å². The van der Waals surface area contributed by atoms with Crippen molar-refractivity contribution in [3.8, 4) is 5.75 Å². The van der Waals surface area contributed by atoms with Crippen LogP contribution in [0, 0.1) is 5.92 Å². The highest BCUT2D eigenvalue weighted by Gasteiger charge is 2.31. The van der Waals surface area contributed by atoms with Crippen LogP contribution < -0.4 is 10.1 Å². The first kappa shape index (κ1) is 30.3. The number of aromatic nitrogens is 1. The Morgan fingerprint density at radius 2 is 1.95 bits per heavy atom. The third-order valence-electron chi connectivity index (χ3n) is 6.57. The Kier molecular flexibility index (Phi) is 11.9. The molecule has 0 aliphatic heterocycles. The number of nitrogens with one attached hydrogen (secondary N) is 1. The SMILES string of the molecule is CCCCOc1ccc(C[C@H](NC(=O)C2CCCCC2=O)c2nc(/C=C(C)/C=C(/C)C(=O)OCC)cs2)cc1. The second-order valence-corrected chi connectivity index (χ2v) is 10.8. The molecule has 1 aliphatic rings. The van der Waals surface area contributed by atoms with Gasteiger partial charge >= 0.3 is 5.97 Å². The fraction of sp³-hybridized carbons (Fsp3) is 0.484. The number of nitrogens with zero attached hydrogens (tertiary/aromatic N) is 1. The van der Waals surface area contributed by atoms with Gasteiger partial charge in [-0.25, -0.2) is 9.78 Å².